The summed E-state index contributed by atoms with van der Waals surface area (Å²) < 4.78 is 27.2. The van der Waals surface area contributed by atoms with Crippen LogP contribution in [-0.4, -0.2) is 31.9 Å². The Hall–Kier alpha value is -0.140. The third-order valence-corrected chi connectivity index (χ3v) is 5.37. The summed E-state index contributed by atoms with van der Waals surface area (Å²) in [6.07, 6.45) is 1.72. The molecule has 4 nitrogen and oxygen atoms in total. The first-order chi connectivity index (χ1) is 8.39. The lowest BCUT2D eigenvalue weighted by Crippen LogP contribution is -2.45. The Morgan fingerprint density at radius 1 is 1.37 bits per heavy atom. The Labute approximate surface area is 128 Å². The van der Waals surface area contributed by atoms with Crippen molar-refractivity contribution in [2.45, 2.75) is 30.7 Å². The van der Waals surface area contributed by atoms with Crippen molar-refractivity contribution in [1.29, 1.82) is 0 Å². The second-order valence-electron chi connectivity index (χ2n) is 4.73. The number of benzene rings is 1. The van der Waals surface area contributed by atoms with E-state index in [2.05, 4.69) is 15.9 Å². The number of nitrogens with two attached hydrogens (primary N) is 1. The van der Waals surface area contributed by atoms with Crippen LogP contribution in [0.25, 0.3) is 0 Å². The van der Waals surface area contributed by atoms with Crippen molar-refractivity contribution >= 4 is 38.4 Å². The number of halogens is 2. The Bertz CT molecular complexity index is 530. The van der Waals surface area contributed by atoms with Crippen LogP contribution in [0, 0.1) is 6.92 Å². The van der Waals surface area contributed by atoms with Crippen molar-refractivity contribution in [1.82, 2.24) is 4.31 Å². The largest absolute Gasteiger partial charge is 0.327 e. The molecule has 1 atom stereocenters. The Morgan fingerprint density at radius 3 is 2.63 bits per heavy atom. The zero-order valence-corrected chi connectivity index (χ0v) is 13.9. The minimum Gasteiger partial charge on any atom is -0.327 e. The Kier molecular flexibility index (Phi) is 5.82. The molecule has 0 spiro atoms. The van der Waals surface area contributed by atoms with Crippen LogP contribution in [0.4, 0.5) is 0 Å². The summed E-state index contributed by atoms with van der Waals surface area (Å²) in [5, 5.41) is 0. The third kappa shape index (κ3) is 3.92. The van der Waals surface area contributed by atoms with Crippen molar-refractivity contribution in [3.05, 3.63) is 28.2 Å². The standard InChI is InChI=1S/C12H17BrN2O2S.ClH/c1-9-5-10(13)7-12(6-9)18(16,17)15-4-2-3-11(14)8-15;/h5-7,11H,2-4,8,14H2,1H3;1H/t11-;/m1./s1. The van der Waals surface area contributed by atoms with Gasteiger partial charge in [-0.15, -0.1) is 12.4 Å². The lowest BCUT2D eigenvalue weighted by molar-refractivity contribution is 0.316. The van der Waals surface area contributed by atoms with Crippen LogP contribution in [0.15, 0.2) is 27.6 Å². The fourth-order valence-electron chi connectivity index (χ4n) is 2.19. The van der Waals surface area contributed by atoms with Gasteiger partial charge in [-0.25, -0.2) is 8.42 Å². The molecule has 2 N–H and O–H groups in total. The quantitative estimate of drug-likeness (QED) is 0.870. The van der Waals surface area contributed by atoms with E-state index in [0.29, 0.717) is 18.0 Å². The first-order valence-electron chi connectivity index (χ1n) is 5.92. The zero-order valence-electron chi connectivity index (χ0n) is 10.7. The van der Waals surface area contributed by atoms with E-state index in [0.717, 1.165) is 22.9 Å². The number of hydrogen-bond donors (Lipinski definition) is 1. The Balaban J connectivity index is 0.00000180. The predicted octanol–water partition coefficient (Wildman–Crippen LogP) is 2.29. The molecule has 1 aliphatic heterocycles. The fourth-order valence-corrected chi connectivity index (χ4v) is 4.62. The molecule has 0 radical (unpaired) electrons. The first kappa shape index (κ1) is 16.9. The summed E-state index contributed by atoms with van der Waals surface area (Å²) in [5.74, 6) is 0. The normalized spacial score (nSPS) is 20.9. The molecule has 1 aliphatic rings. The van der Waals surface area contributed by atoms with E-state index in [4.69, 9.17) is 5.73 Å². The smallest absolute Gasteiger partial charge is 0.243 e. The average Bonchev–Trinajstić information content (AvgIpc) is 2.27. The van der Waals surface area contributed by atoms with Gasteiger partial charge in [0.05, 0.1) is 4.90 Å². The summed E-state index contributed by atoms with van der Waals surface area (Å²) in [5.41, 5.74) is 6.76. The molecule has 19 heavy (non-hydrogen) atoms. The van der Waals surface area contributed by atoms with Crippen LogP contribution in [0.1, 0.15) is 18.4 Å². The molecule has 0 aliphatic carbocycles. The molecule has 0 bridgehead atoms. The van der Waals surface area contributed by atoms with Gasteiger partial charge in [0.2, 0.25) is 10.0 Å². The molecular weight excluding hydrogens is 352 g/mol. The van der Waals surface area contributed by atoms with E-state index in [1.807, 2.05) is 13.0 Å². The summed E-state index contributed by atoms with van der Waals surface area (Å²) in [6.45, 7) is 2.85. The van der Waals surface area contributed by atoms with E-state index in [1.54, 1.807) is 12.1 Å². The number of nitrogens with zero attached hydrogens (tertiary/aromatic N) is 1. The van der Waals surface area contributed by atoms with Crippen LogP contribution in [0.5, 0.6) is 0 Å². The van der Waals surface area contributed by atoms with Crippen LogP contribution >= 0.6 is 28.3 Å². The van der Waals surface area contributed by atoms with Gasteiger partial charge in [-0.1, -0.05) is 15.9 Å². The third-order valence-electron chi connectivity index (χ3n) is 3.07. The second-order valence-corrected chi connectivity index (χ2v) is 7.58. The first-order valence-corrected chi connectivity index (χ1v) is 8.16. The van der Waals surface area contributed by atoms with Crippen molar-refractivity contribution in [3.63, 3.8) is 0 Å². The van der Waals surface area contributed by atoms with Crippen LogP contribution in [-0.2, 0) is 10.0 Å². The molecular formula is C12H18BrClN2O2S. The number of hydrogen-bond acceptors (Lipinski definition) is 3. The minimum absolute atomic E-state index is 0. The molecule has 7 heteroatoms. The van der Waals surface area contributed by atoms with Crippen LogP contribution in [0.3, 0.4) is 0 Å². The molecule has 2 rings (SSSR count). The van der Waals surface area contributed by atoms with Gasteiger partial charge in [-0.05, 0) is 43.5 Å². The van der Waals surface area contributed by atoms with Gasteiger partial charge in [0.15, 0.2) is 0 Å². The number of sulfonamides is 1. The van der Waals surface area contributed by atoms with Crippen molar-refractivity contribution in [2.75, 3.05) is 13.1 Å². The Morgan fingerprint density at radius 2 is 2.05 bits per heavy atom. The predicted molar refractivity (Wildman–Crippen MR) is 82.1 cm³/mol. The van der Waals surface area contributed by atoms with Gasteiger partial charge >= 0.3 is 0 Å². The number of aryl methyl sites for hydroxylation is 1. The van der Waals surface area contributed by atoms with Crippen molar-refractivity contribution < 1.29 is 8.42 Å². The van der Waals surface area contributed by atoms with Crippen molar-refractivity contribution in [3.8, 4) is 0 Å². The average molecular weight is 370 g/mol. The van der Waals surface area contributed by atoms with E-state index in [9.17, 15) is 8.42 Å². The summed E-state index contributed by atoms with van der Waals surface area (Å²) in [4.78, 5) is 0.337. The van der Waals surface area contributed by atoms with Crippen molar-refractivity contribution in [2.24, 2.45) is 5.73 Å². The van der Waals surface area contributed by atoms with Gasteiger partial charge < -0.3 is 5.73 Å². The van der Waals surface area contributed by atoms with E-state index in [-0.39, 0.29) is 18.4 Å². The highest BCUT2D eigenvalue weighted by molar-refractivity contribution is 9.10. The molecule has 1 aromatic rings. The number of piperidine rings is 1. The summed E-state index contributed by atoms with van der Waals surface area (Å²) in [7, 11) is -3.42. The van der Waals surface area contributed by atoms with Gasteiger partial charge in [-0.2, -0.15) is 4.31 Å². The van der Waals surface area contributed by atoms with E-state index >= 15 is 0 Å². The van der Waals surface area contributed by atoms with E-state index in [1.165, 1.54) is 4.31 Å². The highest BCUT2D eigenvalue weighted by Gasteiger charge is 2.29. The van der Waals surface area contributed by atoms with Gasteiger partial charge in [-0.3, -0.25) is 0 Å². The molecule has 1 heterocycles. The van der Waals surface area contributed by atoms with Gasteiger partial charge in [0.25, 0.3) is 0 Å². The lowest BCUT2D eigenvalue weighted by Gasteiger charge is -2.30. The lowest BCUT2D eigenvalue weighted by atomic mass is 10.1. The minimum atomic E-state index is -3.42. The maximum Gasteiger partial charge on any atom is 0.243 e. The molecule has 1 fully saturated rings. The molecule has 0 amide bonds. The second kappa shape index (κ2) is 6.54. The fraction of sp³-hybridized carbons (Fsp3) is 0.500. The topological polar surface area (TPSA) is 63.4 Å². The monoisotopic (exact) mass is 368 g/mol. The maximum absolute atomic E-state index is 12.5. The SMILES string of the molecule is Cc1cc(Br)cc(S(=O)(=O)N2CCC[C@@H](N)C2)c1.Cl. The molecule has 1 saturated heterocycles. The molecule has 0 aromatic heterocycles. The molecule has 0 unspecified atom stereocenters. The molecule has 1 aromatic carbocycles. The van der Waals surface area contributed by atoms with Gasteiger partial charge in [0.1, 0.15) is 0 Å². The van der Waals surface area contributed by atoms with E-state index < -0.39 is 10.0 Å². The molecule has 0 saturated carbocycles. The zero-order chi connectivity index (χ0) is 13.3. The highest BCUT2D eigenvalue weighted by atomic mass is 79.9. The maximum atomic E-state index is 12.5. The van der Waals surface area contributed by atoms with Gasteiger partial charge in [0, 0.05) is 23.6 Å². The highest BCUT2D eigenvalue weighted by Crippen LogP contribution is 2.24. The number of rotatable bonds is 2. The van der Waals surface area contributed by atoms with Crippen LogP contribution < -0.4 is 5.73 Å². The molecule has 108 valence electrons. The van der Waals surface area contributed by atoms with Crippen LogP contribution in [0.2, 0.25) is 0 Å². The summed E-state index contributed by atoms with van der Waals surface area (Å²) in [6, 6.07) is 5.17. The summed E-state index contributed by atoms with van der Waals surface area (Å²) >= 11 is 3.33.